The van der Waals surface area contributed by atoms with Gasteiger partial charge in [-0.15, -0.1) is 0 Å². The van der Waals surface area contributed by atoms with Crippen LogP contribution < -0.4 is 0 Å². The van der Waals surface area contributed by atoms with Crippen molar-refractivity contribution < 1.29 is 20.4 Å². The molecule has 55 valence electrons. The molecule has 4 nitrogen and oxygen atoms in total. The van der Waals surface area contributed by atoms with Gasteiger partial charge in [-0.3, -0.25) is 0 Å². The monoisotopic (exact) mass is 135 g/mol. The van der Waals surface area contributed by atoms with E-state index in [0.717, 1.165) is 0 Å². The highest BCUT2D eigenvalue weighted by Crippen LogP contribution is 2.15. The van der Waals surface area contributed by atoms with Crippen LogP contribution in [-0.2, 0) is 0 Å². The maximum absolute atomic E-state index is 8.55. The van der Waals surface area contributed by atoms with Crippen molar-refractivity contribution in [3.8, 4) is 0 Å². The van der Waals surface area contributed by atoms with E-state index in [9.17, 15) is 0 Å². The second-order valence-corrected chi connectivity index (χ2v) is 1.83. The van der Waals surface area contributed by atoms with Gasteiger partial charge in [0, 0.05) is 0 Å². The lowest BCUT2D eigenvalue weighted by Gasteiger charge is -2.18. The second kappa shape index (κ2) is 3.12. The Hall–Kier alpha value is -0.160. The third-order valence-corrected chi connectivity index (χ3v) is 0.874. The lowest BCUT2D eigenvalue weighted by molar-refractivity contribution is -0.322. The van der Waals surface area contributed by atoms with Crippen LogP contribution in [0.15, 0.2) is 0 Å². The van der Waals surface area contributed by atoms with Gasteiger partial charge >= 0.3 is 5.97 Å². The van der Waals surface area contributed by atoms with Crippen LogP contribution in [-0.4, -0.2) is 26.4 Å². The van der Waals surface area contributed by atoms with Gasteiger partial charge < -0.3 is 20.4 Å². The van der Waals surface area contributed by atoms with Crippen molar-refractivity contribution in [2.45, 2.75) is 25.7 Å². The molecule has 0 amide bonds. The van der Waals surface area contributed by atoms with Gasteiger partial charge in [0.1, 0.15) is 0 Å². The molecule has 0 aliphatic heterocycles. The molecule has 0 aromatic carbocycles. The van der Waals surface area contributed by atoms with Crippen LogP contribution in [0.25, 0.3) is 0 Å². The molecule has 0 bridgehead atoms. The van der Waals surface area contributed by atoms with Crippen molar-refractivity contribution in [2.24, 2.45) is 0 Å². The fourth-order valence-electron chi connectivity index (χ4n) is 0.405. The molecule has 0 spiro atoms. The van der Waals surface area contributed by atoms with E-state index in [1.54, 1.807) is 6.92 Å². The molecule has 0 aliphatic carbocycles. The zero-order chi connectivity index (χ0) is 7.49. The maximum atomic E-state index is 8.55. The average Bonchev–Trinajstić information content (AvgIpc) is 1.64. The summed E-state index contributed by atoms with van der Waals surface area (Å²) >= 11 is 0. The van der Waals surface area contributed by atoms with Crippen LogP contribution in [0.3, 0.4) is 0 Å². The highest BCUT2D eigenvalue weighted by atomic mass is 16.7. The van der Waals surface area contributed by atoms with E-state index >= 15 is 0 Å². The van der Waals surface area contributed by atoms with E-state index in [2.05, 4.69) is 0 Å². The largest absolute Gasteiger partial charge is 0.379 e. The van der Waals surface area contributed by atoms with Crippen molar-refractivity contribution >= 4 is 0 Å². The van der Waals surface area contributed by atoms with Gasteiger partial charge in [0.15, 0.2) is 6.10 Å². The molecule has 0 saturated heterocycles. The van der Waals surface area contributed by atoms with Crippen molar-refractivity contribution in [3.05, 3.63) is 6.10 Å². The van der Waals surface area contributed by atoms with Crippen molar-refractivity contribution in [1.82, 2.24) is 0 Å². The number of hydrogen-bond donors (Lipinski definition) is 4. The first kappa shape index (κ1) is 8.84. The summed E-state index contributed by atoms with van der Waals surface area (Å²) in [5.74, 6) is -3.02. The van der Waals surface area contributed by atoms with Crippen molar-refractivity contribution in [3.63, 3.8) is 0 Å². The Balaban J connectivity index is 3.59. The standard InChI is InChI=1S/C5H11O4/c1-2-3-4(6)5(7,8)9/h6-9H,2-3H2,1H3. The van der Waals surface area contributed by atoms with Crippen LogP contribution in [0.2, 0.25) is 0 Å². The predicted octanol–water partition coefficient (Wildman–Crippen LogP) is -0.678. The summed E-state index contributed by atoms with van der Waals surface area (Å²) in [6, 6.07) is 0. The lowest BCUT2D eigenvalue weighted by atomic mass is 10.2. The summed E-state index contributed by atoms with van der Waals surface area (Å²) in [4.78, 5) is 0. The van der Waals surface area contributed by atoms with Gasteiger partial charge in [-0.05, 0) is 6.42 Å². The zero-order valence-corrected chi connectivity index (χ0v) is 5.20. The Kier molecular flexibility index (Phi) is 3.07. The predicted molar refractivity (Wildman–Crippen MR) is 29.5 cm³/mol. The van der Waals surface area contributed by atoms with E-state index in [1.165, 1.54) is 0 Å². The molecule has 4 N–H and O–H groups in total. The Bertz CT molecular complexity index is 75.5. The molecular formula is C5H11O4. The minimum atomic E-state index is -3.02. The minimum Gasteiger partial charge on any atom is -0.379 e. The van der Waals surface area contributed by atoms with Crippen LogP contribution in [0.1, 0.15) is 19.8 Å². The number of aliphatic hydroxyl groups is 4. The molecule has 0 aromatic heterocycles. The highest BCUT2D eigenvalue weighted by Gasteiger charge is 2.30. The third-order valence-electron chi connectivity index (χ3n) is 0.874. The second-order valence-electron chi connectivity index (χ2n) is 1.83. The average molecular weight is 135 g/mol. The Labute approximate surface area is 53.4 Å². The smallest absolute Gasteiger partial charge is 0.309 e. The molecular weight excluding hydrogens is 124 g/mol. The first-order chi connectivity index (χ1) is 3.98. The summed E-state index contributed by atoms with van der Waals surface area (Å²) in [5, 5.41) is 33.3. The first-order valence-electron chi connectivity index (χ1n) is 2.71. The van der Waals surface area contributed by atoms with Crippen LogP contribution in [0.5, 0.6) is 0 Å². The van der Waals surface area contributed by atoms with Gasteiger partial charge in [0.05, 0.1) is 0 Å². The van der Waals surface area contributed by atoms with Gasteiger partial charge in [0.25, 0.3) is 0 Å². The summed E-state index contributed by atoms with van der Waals surface area (Å²) in [5.41, 5.74) is 0. The van der Waals surface area contributed by atoms with Gasteiger partial charge in [-0.25, -0.2) is 0 Å². The van der Waals surface area contributed by atoms with E-state index in [0.29, 0.717) is 6.42 Å². The molecule has 0 aliphatic rings. The van der Waals surface area contributed by atoms with Crippen molar-refractivity contribution in [2.75, 3.05) is 0 Å². The number of aliphatic hydroxyl groups excluding tert-OH is 1. The zero-order valence-electron chi connectivity index (χ0n) is 5.20. The third kappa shape index (κ3) is 3.42. The van der Waals surface area contributed by atoms with E-state index in [1.807, 2.05) is 0 Å². The van der Waals surface area contributed by atoms with Crippen LogP contribution in [0, 0.1) is 6.10 Å². The maximum Gasteiger partial charge on any atom is 0.309 e. The molecule has 0 atom stereocenters. The summed E-state index contributed by atoms with van der Waals surface area (Å²) in [6.45, 7) is 1.74. The summed E-state index contributed by atoms with van der Waals surface area (Å²) in [6.07, 6.45) is -0.0799. The molecule has 0 fully saturated rings. The number of hydrogen-bond acceptors (Lipinski definition) is 4. The number of rotatable bonds is 3. The molecule has 0 saturated carbocycles. The quantitative estimate of drug-likeness (QED) is 0.386. The Morgan fingerprint density at radius 2 is 1.78 bits per heavy atom. The first-order valence-corrected chi connectivity index (χ1v) is 2.71. The molecule has 4 heteroatoms. The van der Waals surface area contributed by atoms with Crippen LogP contribution >= 0.6 is 0 Å². The lowest BCUT2D eigenvalue weighted by Crippen LogP contribution is -2.35. The molecule has 0 aromatic rings. The Morgan fingerprint density at radius 3 is 1.89 bits per heavy atom. The normalized spacial score (nSPS) is 12.7. The molecule has 1 radical (unpaired) electrons. The van der Waals surface area contributed by atoms with Gasteiger partial charge in [-0.1, -0.05) is 13.3 Å². The fraction of sp³-hybridized carbons (Fsp3) is 0.800. The Morgan fingerprint density at radius 1 is 1.33 bits per heavy atom. The molecule has 0 unspecified atom stereocenters. The summed E-state index contributed by atoms with van der Waals surface area (Å²) < 4.78 is 0. The summed E-state index contributed by atoms with van der Waals surface area (Å²) in [7, 11) is 0. The van der Waals surface area contributed by atoms with E-state index < -0.39 is 12.1 Å². The van der Waals surface area contributed by atoms with Crippen molar-refractivity contribution in [1.29, 1.82) is 0 Å². The SMILES string of the molecule is CCC[C](O)C(O)(O)O. The fourth-order valence-corrected chi connectivity index (χ4v) is 0.405. The van der Waals surface area contributed by atoms with E-state index in [-0.39, 0.29) is 6.42 Å². The molecule has 0 heterocycles. The highest BCUT2D eigenvalue weighted by molar-refractivity contribution is 4.81. The topological polar surface area (TPSA) is 80.9 Å². The molecule has 9 heavy (non-hydrogen) atoms. The van der Waals surface area contributed by atoms with Gasteiger partial charge in [0.2, 0.25) is 0 Å². The van der Waals surface area contributed by atoms with Crippen LogP contribution in [0.4, 0.5) is 0 Å². The van der Waals surface area contributed by atoms with E-state index in [4.69, 9.17) is 20.4 Å². The minimum absolute atomic E-state index is 0.0868. The molecule has 0 rings (SSSR count). The van der Waals surface area contributed by atoms with Gasteiger partial charge in [-0.2, -0.15) is 0 Å².